The fourth-order valence-corrected chi connectivity index (χ4v) is 12.3. The molecule has 44 heteroatoms. The maximum Gasteiger partial charge on any atom is 0.317 e. The third-order valence-corrected chi connectivity index (χ3v) is 18.5. The highest BCUT2D eigenvalue weighted by atomic mass is 32.2. The molecule has 0 aliphatic rings. The third-order valence-electron chi connectivity index (χ3n) is 17.9. The van der Waals surface area contributed by atoms with Crippen LogP contribution in [0.15, 0.2) is 73.3 Å². The van der Waals surface area contributed by atoms with E-state index in [9.17, 15) is 107 Å². The Hall–Kier alpha value is -12.2. The van der Waals surface area contributed by atoms with E-state index in [0.717, 1.165) is 4.90 Å². The molecule has 43 nitrogen and oxygen atoms in total. The van der Waals surface area contributed by atoms with Crippen LogP contribution < -0.4 is 81.0 Å². The second-order valence-corrected chi connectivity index (χ2v) is 29.5. The molecule has 2 aromatic carbocycles. The lowest BCUT2D eigenvalue weighted by Gasteiger charge is -2.29. The number of thioether (sulfide) groups is 1. The van der Waals surface area contributed by atoms with Gasteiger partial charge in [0.05, 0.1) is 64.3 Å². The highest BCUT2D eigenvalue weighted by Gasteiger charge is 2.36. The highest BCUT2D eigenvalue weighted by molar-refractivity contribution is 7.98. The molecular formula is C74H109N21O22S. The van der Waals surface area contributed by atoms with E-state index in [1.165, 1.54) is 41.0 Å². The van der Waals surface area contributed by atoms with Gasteiger partial charge >= 0.3 is 23.9 Å². The van der Waals surface area contributed by atoms with Gasteiger partial charge in [-0.15, -0.1) is 0 Å². The summed E-state index contributed by atoms with van der Waals surface area (Å²) in [6.45, 7) is 1.87. The minimum atomic E-state index is -1.69. The maximum absolute atomic E-state index is 14.7. The lowest BCUT2D eigenvalue weighted by Crippen LogP contribution is -2.59. The molecule has 648 valence electrons. The van der Waals surface area contributed by atoms with Crippen molar-refractivity contribution in [2.75, 3.05) is 97.1 Å². The molecule has 24 N–H and O–H groups in total. The van der Waals surface area contributed by atoms with Gasteiger partial charge in [0.25, 0.3) is 0 Å². The van der Waals surface area contributed by atoms with Crippen LogP contribution in [-0.2, 0) is 106 Å². The summed E-state index contributed by atoms with van der Waals surface area (Å²) >= 11 is 1.43. The summed E-state index contributed by atoms with van der Waals surface area (Å²) in [7, 11) is 0. The van der Waals surface area contributed by atoms with Gasteiger partial charge in [0.1, 0.15) is 54.4 Å². The highest BCUT2D eigenvalue weighted by Crippen LogP contribution is 2.20. The van der Waals surface area contributed by atoms with Crippen LogP contribution >= 0.6 is 11.8 Å². The molecule has 2 heterocycles. The number of amides is 14. The lowest BCUT2D eigenvalue weighted by atomic mass is 10.0. The van der Waals surface area contributed by atoms with Crippen LogP contribution in [-0.4, -0.2) is 308 Å². The van der Waals surface area contributed by atoms with Gasteiger partial charge in [0.2, 0.25) is 82.7 Å². The van der Waals surface area contributed by atoms with Crippen molar-refractivity contribution < 1.29 is 107 Å². The minimum Gasteiger partial charge on any atom is -0.481 e. The predicted molar refractivity (Wildman–Crippen MR) is 425 cm³/mol. The van der Waals surface area contributed by atoms with E-state index in [0.29, 0.717) is 33.5 Å². The number of hydrogen-bond acceptors (Lipinski definition) is 24. The average molecular weight is 1680 g/mol. The number of carboxylic acid groups (broad SMARTS) is 4. The van der Waals surface area contributed by atoms with Gasteiger partial charge in [-0.25, -0.2) is 4.98 Å². The fraction of sp³-hybridized carbons (Fsp3) is 0.527. The Labute approximate surface area is 683 Å². The van der Waals surface area contributed by atoms with Crippen LogP contribution in [0.25, 0.3) is 10.9 Å². The van der Waals surface area contributed by atoms with Crippen molar-refractivity contribution in [1.82, 2.24) is 93.5 Å². The average Bonchev–Trinajstić information content (AvgIpc) is 1.68. The van der Waals surface area contributed by atoms with Crippen molar-refractivity contribution in [3.63, 3.8) is 0 Å². The number of fused-ring (bicyclic) bond motifs is 1. The molecule has 9 atom stereocenters. The molecule has 0 fully saturated rings. The van der Waals surface area contributed by atoms with Crippen molar-refractivity contribution in [3.05, 3.63) is 90.1 Å². The number of primary amides is 3. The van der Waals surface area contributed by atoms with E-state index in [1.807, 2.05) is 20.1 Å². The molecule has 0 saturated carbocycles. The first-order valence-electron chi connectivity index (χ1n) is 37.7. The molecule has 0 aliphatic carbocycles. The Morgan fingerprint density at radius 1 is 0.475 bits per heavy atom. The monoisotopic (exact) mass is 1680 g/mol. The number of aromatic amines is 2. The van der Waals surface area contributed by atoms with Crippen LogP contribution in [0.2, 0.25) is 0 Å². The number of rotatable bonds is 58. The number of imidazole rings is 1. The number of nitrogens with zero attached hydrogens (tertiary/aromatic N) is 4. The second-order valence-electron chi connectivity index (χ2n) is 28.5. The smallest absolute Gasteiger partial charge is 0.317 e. The molecule has 0 bridgehead atoms. The predicted octanol–water partition coefficient (Wildman–Crippen LogP) is -6.55. The SMILES string of the molecule is CSCC[C@H](NC(=O)[C@H](CC(C)C)NC(=O)[C@H](Cc1c[nH]cn1)NC(=O)CNC(=O)[C@@H](NC(=O)[C@H](C)NC(=O)[C@H](Cc1c[nH]c2ccccc12)NC(=O)[C@H](CCC(N)=O)NC(=O)CN(CCN(CCN(CC(=O)O)CC(=O)O)CC(=O)O)CC(=O)NCCNCC(=O)N[C@@H](Cc1ccccc1)C(=O)N[C@@H](CC(=O)O)C(N)=O)C(C)C)C(N)=O. The minimum absolute atomic E-state index is 0.0953. The fourth-order valence-electron chi connectivity index (χ4n) is 11.9. The third kappa shape index (κ3) is 37.6. The van der Waals surface area contributed by atoms with Gasteiger partial charge in [-0.1, -0.05) is 76.2 Å². The summed E-state index contributed by atoms with van der Waals surface area (Å²) in [5, 5.41) is 69.4. The van der Waals surface area contributed by atoms with E-state index in [1.54, 1.807) is 74.6 Å². The summed E-state index contributed by atoms with van der Waals surface area (Å²) in [4.78, 5) is 250. The first-order valence-corrected chi connectivity index (χ1v) is 39.1. The van der Waals surface area contributed by atoms with E-state index in [4.69, 9.17) is 17.2 Å². The quantitative estimate of drug-likeness (QED) is 0.0183. The molecule has 0 saturated heterocycles. The number of hydrogen-bond donors (Lipinski definition) is 21. The molecule has 4 aromatic rings. The number of nitrogens with one attached hydrogen (secondary N) is 14. The van der Waals surface area contributed by atoms with Crippen molar-refractivity contribution in [2.45, 2.75) is 140 Å². The molecule has 0 radical (unpaired) electrons. The zero-order chi connectivity index (χ0) is 87.7. The van der Waals surface area contributed by atoms with Crippen molar-refractivity contribution in [3.8, 4) is 0 Å². The summed E-state index contributed by atoms with van der Waals surface area (Å²) in [5.74, 6) is -18.4. The summed E-state index contributed by atoms with van der Waals surface area (Å²) in [6, 6.07) is 2.61. The number of para-hydroxylation sites is 1. The van der Waals surface area contributed by atoms with E-state index in [-0.39, 0.29) is 77.3 Å². The lowest BCUT2D eigenvalue weighted by molar-refractivity contribution is -0.143. The summed E-state index contributed by atoms with van der Waals surface area (Å²) < 4.78 is 0. The molecule has 2 aromatic heterocycles. The number of carbonyl (C=O) groups is 18. The molecule has 14 amide bonds. The number of carboxylic acids is 4. The van der Waals surface area contributed by atoms with Crippen molar-refractivity contribution in [1.29, 1.82) is 0 Å². The maximum atomic E-state index is 14.7. The Balaban J connectivity index is 1.55. The molecule has 118 heavy (non-hydrogen) atoms. The largest absolute Gasteiger partial charge is 0.481 e. The number of carbonyl (C=O) groups excluding carboxylic acids is 14. The van der Waals surface area contributed by atoms with E-state index in [2.05, 4.69) is 78.8 Å². The van der Waals surface area contributed by atoms with Crippen molar-refractivity contribution >= 4 is 129 Å². The Kier molecular flexibility index (Phi) is 42.5. The number of aliphatic carboxylic acids is 4. The summed E-state index contributed by atoms with van der Waals surface area (Å²) in [6.07, 6.45) is 4.13. The van der Waals surface area contributed by atoms with Gasteiger partial charge in [-0.2, -0.15) is 11.8 Å². The zero-order valence-electron chi connectivity index (χ0n) is 66.4. The topological polar surface area (TPSA) is 665 Å². The number of H-pyrrole nitrogens is 2. The van der Waals surface area contributed by atoms with Gasteiger partial charge < -0.3 is 111 Å². The first-order chi connectivity index (χ1) is 55.8. The first kappa shape index (κ1) is 98.2. The van der Waals surface area contributed by atoms with Gasteiger partial charge in [-0.05, 0) is 67.2 Å². The van der Waals surface area contributed by atoms with Crippen LogP contribution in [0, 0.1) is 11.8 Å². The number of benzene rings is 2. The zero-order valence-corrected chi connectivity index (χ0v) is 67.2. The van der Waals surface area contributed by atoms with Gasteiger partial charge in [0.15, 0.2) is 0 Å². The van der Waals surface area contributed by atoms with Crippen LogP contribution in [0.1, 0.15) is 83.5 Å². The Morgan fingerprint density at radius 2 is 0.992 bits per heavy atom. The summed E-state index contributed by atoms with van der Waals surface area (Å²) in [5.41, 5.74) is 18.5. The molecule has 4 rings (SSSR count). The molecule has 0 aliphatic heterocycles. The Morgan fingerprint density at radius 3 is 1.57 bits per heavy atom. The second kappa shape index (κ2) is 51.0. The molecule has 0 unspecified atom stereocenters. The van der Waals surface area contributed by atoms with Crippen LogP contribution in [0.3, 0.4) is 0 Å². The number of aromatic nitrogens is 3. The molecular weight excluding hydrogens is 1570 g/mol. The Bertz CT molecular complexity index is 4080. The van der Waals surface area contributed by atoms with Gasteiger partial charge in [0, 0.05) is 88.2 Å². The standard InChI is InChI=1S/C74H109N21O22S/c1-41(2)26-52(71(114)88-49(66(76)109)18-25-118-6)90-73(116)55(29-46-32-79-40-83-46)87-58(98)34-82-74(117)65(42(3)4)92-68(111)43(5)84-70(113)54(28-45-31-81-48-15-11-10-14-47(45)48)91-69(112)50(16-17-56(75)96)85-60(100)36-94(23-21-93(37-62(103)104)22-24-95(38-63(105)106)39-64(107)108)35-59(99)80-20-19-78-33-57(97)86-53(27-44-12-8-7-9-13-44)72(115)89-51(67(77)110)30-61(101)102/h7-15,31-32,40-43,49-55,65,78,81H,16-30,33-39H2,1-6H3,(H2,75,96)(H2,76,109)(H2,77,110)(H,79,83)(H,80,99)(H,82,117)(H,84,113)(H,85,100)(H,86,97)(H,87,98)(H,88,114)(H,89,115)(H,90,116)(H,91,112)(H,92,111)(H,101,102)(H,103,104)(H,105,106)(H,107,108)/t43-,49-,50-,51-,52-,53-,54-,55-,65-/m0/s1. The van der Waals surface area contributed by atoms with Crippen molar-refractivity contribution in [2.24, 2.45) is 29.0 Å². The van der Waals surface area contributed by atoms with Gasteiger partial charge in [-0.3, -0.25) is 101 Å². The number of nitrogens with two attached hydrogens (primary N) is 3. The normalized spacial score (nSPS) is 13.6. The molecule has 0 spiro atoms. The van der Waals surface area contributed by atoms with Crippen LogP contribution in [0.5, 0.6) is 0 Å². The van der Waals surface area contributed by atoms with Crippen LogP contribution in [0.4, 0.5) is 0 Å². The van der Waals surface area contributed by atoms with E-state index >= 15 is 0 Å². The van der Waals surface area contributed by atoms with E-state index < -0.39 is 232 Å².